The number of hydrogen-bond donors (Lipinski definition) is 3. The van der Waals surface area contributed by atoms with Crippen LogP contribution < -0.4 is 10.6 Å². The summed E-state index contributed by atoms with van der Waals surface area (Å²) in [6.07, 6.45) is 0.637. The predicted octanol–water partition coefficient (Wildman–Crippen LogP) is 0.735. The third-order valence-electron chi connectivity index (χ3n) is 1.70. The molecule has 0 aliphatic heterocycles. The minimum atomic E-state index is -0.192. The summed E-state index contributed by atoms with van der Waals surface area (Å²) in [7, 11) is 0. The van der Waals surface area contributed by atoms with Gasteiger partial charge in [0.25, 0.3) is 0 Å². The standard InChI is InChI=1S/C10H24N2O/c1-9(13)5-6-11-7-8-12-10(2,3)4/h9,11-13H,5-8H2,1-4H3. The van der Waals surface area contributed by atoms with E-state index in [1.807, 2.05) is 6.92 Å². The van der Waals surface area contributed by atoms with E-state index in [1.54, 1.807) is 0 Å². The summed E-state index contributed by atoms with van der Waals surface area (Å²) in [6, 6.07) is 0. The van der Waals surface area contributed by atoms with Crippen molar-refractivity contribution in [1.82, 2.24) is 10.6 Å². The van der Waals surface area contributed by atoms with Gasteiger partial charge in [0, 0.05) is 18.6 Å². The van der Waals surface area contributed by atoms with Gasteiger partial charge in [0.2, 0.25) is 0 Å². The van der Waals surface area contributed by atoms with Gasteiger partial charge < -0.3 is 15.7 Å². The van der Waals surface area contributed by atoms with E-state index in [2.05, 4.69) is 31.4 Å². The van der Waals surface area contributed by atoms with Gasteiger partial charge in [0.05, 0.1) is 6.10 Å². The molecular formula is C10H24N2O. The van der Waals surface area contributed by atoms with Crippen LogP contribution in [0, 0.1) is 0 Å². The number of aliphatic hydroxyl groups is 1. The second-order valence-electron chi connectivity index (χ2n) is 4.56. The zero-order chi connectivity index (χ0) is 10.3. The van der Waals surface area contributed by atoms with Gasteiger partial charge in [-0.15, -0.1) is 0 Å². The van der Waals surface area contributed by atoms with Crippen molar-refractivity contribution in [2.45, 2.75) is 45.8 Å². The fourth-order valence-corrected chi connectivity index (χ4v) is 0.962. The third kappa shape index (κ3) is 11.9. The first-order chi connectivity index (χ1) is 5.92. The second-order valence-corrected chi connectivity index (χ2v) is 4.56. The molecule has 13 heavy (non-hydrogen) atoms. The van der Waals surface area contributed by atoms with E-state index in [-0.39, 0.29) is 11.6 Å². The van der Waals surface area contributed by atoms with Gasteiger partial charge in [0.1, 0.15) is 0 Å². The van der Waals surface area contributed by atoms with Gasteiger partial charge in [-0.25, -0.2) is 0 Å². The molecule has 0 amide bonds. The Labute approximate surface area is 81.9 Å². The quantitative estimate of drug-likeness (QED) is 0.539. The average molecular weight is 188 g/mol. The Morgan fingerprint density at radius 3 is 2.23 bits per heavy atom. The summed E-state index contributed by atoms with van der Waals surface area (Å²) >= 11 is 0. The molecule has 0 bridgehead atoms. The van der Waals surface area contributed by atoms with Crippen LogP contribution in [0.15, 0.2) is 0 Å². The topological polar surface area (TPSA) is 44.3 Å². The van der Waals surface area contributed by atoms with Crippen molar-refractivity contribution >= 4 is 0 Å². The molecule has 0 rings (SSSR count). The monoisotopic (exact) mass is 188 g/mol. The van der Waals surface area contributed by atoms with Crippen LogP contribution >= 0.6 is 0 Å². The molecule has 0 aromatic heterocycles. The lowest BCUT2D eigenvalue weighted by Crippen LogP contribution is -2.40. The van der Waals surface area contributed by atoms with Gasteiger partial charge in [-0.1, -0.05) is 0 Å². The number of rotatable bonds is 6. The Bertz CT molecular complexity index is 119. The highest BCUT2D eigenvalue weighted by Crippen LogP contribution is 1.96. The highest BCUT2D eigenvalue weighted by molar-refractivity contribution is 4.70. The molecule has 0 aliphatic carbocycles. The molecule has 0 fully saturated rings. The van der Waals surface area contributed by atoms with Crippen LogP contribution in [0.3, 0.4) is 0 Å². The van der Waals surface area contributed by atoms with Gasteiger partial charge in [-0.2, -0.15) is 0 Å². The van der Waals surface area contributed by atoms with E-state index >= 15 is 0 Å². The summed E-state index contributed by atoms with van der Waals surface area (Å²) in [5, 5.41) is 15.6. The van der Waals surface area contributed by atoms with E-state index in [1.165, 1.54) is 0 Å². The minimum absolute atomic E-state index is 0.192. The average Bonchev–Trinajstić information content (AvgIpc) is 1.93. The Morgan fingerprint density at radius 2 is 1.77 bits per heavy atom. The van der Waals surface area contributed by atoms with E-state index < -0.39 is 0 Å². The van der Waals surface area contributed by atoms with Crippen LogP contribution in [-0.2, 0) is 0 Å². The molecule has 0 aromatic carbocycles. The summed E-state index contributed by atoms with van der Waals surface area (Å²) < 4.78 is 0. The van der Waals surface area contributed by atoms with Crippen LogP contribution in [0.5, 0.6) is 0 Å². The van der Waals surface area contributed by atoms with Crippen LogP contribution in [-0.4, -0.2) is 36.4 Å². The lowest BCUT2D eigenvalue weighted by atomic mass is 10.1. The van der Waals surface area contributed by atoms with Crippen LogP contribution in [0.25, 0.3) is 0 Å². The van der Waals surface area contributed by atoms with Crippen molar-refractivity contribution in [3.05, 3.63) is 0 Å². The summed E-state index contributed by atoms with van der Waals surface area (Å²) in [5.74, 6) is 0. The van der Waals surface area contributed by atoms with Crippen molar-refractivity contribution in [2.75, 3.05) is 19.6 Å². The molecule has 0 heterocycles. The molecule has 0 aromatic rings. The van der Waals surface area contributed by atoms with E-state index in [0.29, 0.717) is 0 Å². The fourth-order valence-electron chi connectivity index (χ4n) is 0.962. The molecular weight excluding hydrogens is 164 g/mol. The molecule has 3 heteroatoms. The smallest absolute Gasteiger partial charge is 0.0524 e. The molecule has 1 atom stereocenters. The van der Waals surface area contributed by atoms with Gasteiger partial charge in [0.15, 0.2) is 0 Å². The lowest BCUT2D eigenvalue weighted by Gasteiger charge is -2.20. The molecule has 0 radical (unpaired) electrons. The molecule has 0 spiro atoms. The number of aliphatic hydroxyl groups excluding tert-OH is 1. The maximum absolute atomic E-state index is 8.98. The summed E-state index contributed by atoms with van der Waals surface area (Å²) in [5.41, 5.74) is 0.200. The maximum atomic E-state index is 8.98. The molecule has 0 saturated heterocycles. The van der Waals surface area contributed by atoms with E-state index in [4.69, 9.17) is 5.11 Å². The third-order valence-corrected chi connectivity index (χ3v) is 1.70. The molecule has 3 nitrogen and oxygen atoms in total. The summed E-state index contributed by atoms with van der Waals surface area (Å²) in [6.45, 7) is 11.1. The van der Waals surface area contributed by atoms with Crippen molar-refractivity contribution in [2.24, 2.45) is 0 Å². The molecule has 0 saturated carbocycles. The second kappa shape index (κ2) is 6.35. The Hall–Kier alpha value is -0.120. The molecule has 0 aliphatic rings. The highest BCUT2D eigenvalue weighted by Gasteiger charge is 2.06. The van der Waals surface area contributed by atoms with Crippen molar-refractivity contribution in [1.29, 1.82) is 0 Å². The van der Waals surface area contributed by atoms with Crippen LogP contribution in [0.4, 0.5) is 0 Å². The number of hydrogen-bond acceptors (Lipinski definition) is 3. The van der Waals surface area contributed by atoms with Crippen molar-refractivity contribution in [3.63, 3.8) is 0 Å². The van der Waals surface area contributed by atoms with E-state index in [9.17, 15) is 0 Å². The maximum Gasteiger partial charge on any atom is 0.0524 e. The first-order valence-corrected chi connectivity index (χ1v) is 5.05. The number of nitrogens with one attached hydrogen (secondary N) is 2. The SMILES string of the molecule is CC(O)CCNCCNC(C)(C)C. The molecule has 3 N–H and O–H groups in total. The van der Waals surface area contributed by atoms with Gasteiger partial charge in [-0.05, 0) is 40.7 Å². The van der Waals surface area contributed by atoms with Gasteiger partial charge in [-0.3, -0.25) is 0 Å². The van der Waals surface area contributed by atoms with Crippen molar-refractivity contribution < 1.29 is 5.11 Å². The minimum Gasteiger partial charge on any atom is -0.393 e. The largest absolute Gasteiger partial charge is 0.393 e. The Kier molecular flexibility index (Phi) is 6.29. The zero-order valence-electron chi connectivity index (χ0n) is 9.35. The molecule has 1 unspecified atom stereocenters. The predicted molar refractivity (Wildman–Crippen MR) is 56.9 cm³/mol. The Balaban J connectivity index is 3.09. The molecule has 80 valence electrons. The normalized spacial score (nSPS) is 14.5. The first-order valence-electron chi connectivity index (χ1n) is 5.05. The van der Waals surface area contributed by atoms with Crippen LogP contribution in [0.2, 0.25) is 0 Å². The first kappa shape index (κ1) is 12.9. The van der Waals surface area contributed by atoms with Crippen LogP contribution in [0.1, 0.15) is 34.1 Å². The van der Waals surface area contributed by atoms with E-state index in [0.717, 1.165) is 26.1 Å². The zero-order valence-corrected chi connectivity index (χ0v) is 9.35. The fraction of sp³-hybridized carbons (Fsp3) is 1.00. The lowest BCUT2D eigenvalue weighted by molar-refractivity contribution is 0.184. The van der Waals surface area contributed by atoms with Crippen molar-refractivity contribution in [3.8, 4) is 0 Å². The highest BCUT2D eigenvalue weighted by atomic mass is 16.3. The van der Waals surface area contributed by atoms with Gasteiger partial charge >= 0.3 is 0 Å². The summed E-state index contributed by atoms with van der Waals surface area (Å²) in [4.78, 5) is 0. The Morgan fingerprint density at radius 1 is 1.15 bits per heavy atom.